The molecule has 1 fully saturated rings. The fourth-order valence-corrected chi connectivity index (χ4v) is 3.76. The van der Waals surface area contributed by atoms with Gasteiger partial charge in [0, 0.05) is 44.1 Å². The fraction of sp³-hybridized carbons (Fsp3) is 0.688. The number of thiazole rings is 1. The fourth-order valence-electron chi connectivity index (χ4n) is 2.83. The molecule has 0 bridgehead atoms. The highest BCUT2D eigenvalue weighted by atomic mass is 32.1. The predicted molar refractivity (Wildman–Crippen MR) is 91.8 cm³/mol. The summed E-state index contributed by atoms with van der Waals surface area (Å²) in [5.74, 6) is 0.131. The molecule has 0 aliphatic carbocycles. The summed E-state index contributed by atoms with van der Waals surface area (Å²) < 4.78 is 0. The molecule has 0 spiro atoms. The molecule has 2 rings (SSSR count). The molecule has 0 saturated carbocycles. The Morgan fingerprint density at radius 2 is 1.65 bits per heavy atom. The number of urea groups is 1. The van der Waals surface area contributed by atoms with Crippen LogP contribution in [0.1, 0.15) is 29.4 Å². The van der Waals surface area contributed by atoms with Gasteiger partial charge in [-0.3, -0.25) is 4.79 Å². The Bertz CT molecular complexity index is 560. The Hall–Kier alpha value is -1.63. The number of rotatable bonds is 4. The van der Waals surface area contributed by atoms with Crippen LogP contribution in [0.25, 0.3) is 0 Å². The van der Waals surface area contributed by atoms with Crippen molar-refractivity contribution in [3.8, 4) is 0 Å². The van der Waals surface area contributed by atoms with Crippen molar-refractivity contribution in [2.45, 2.75) is 34.1 Å². The Labute approximate surface area is 142 Å². The molecule has 0 unspecified atom stereocenters. The van der Waals surface area contributed by atoms with Crippen LogP contribution >= 0.6 is 11.3 Å². The summed E-state index contributed by atoms with van der Waals surface area (Å²) in [6.07, 6.45) is 0.418. The lowest BCUT2D eigenvalue weighted by atomic mass is 10.2. The maximum atomic E-state index is 12.4. The molecule has 6 nitrogen and oxygen atoms in total. The minimum absolute atomic E-state index is 0.0797. The molecule has 0 aromatic carbocycles. The Morgan fingerprint density at radius 3 is 2.13 bits per heavy atom. The monoisotopic (exact) mass is 338 g/mol. The van der Waals surface area contributed by atoms with Gasteiger partial charge in [0.1, 0.15) is 0 Å². The second-order valence-electron chi connectivity index (χ2n) is 5.74. The van der Waals surface area contributed by atoms with Crippen LogP contribution in [0.15, 0.2) is 0 Å². The quantitative estimate of drug-likeness (QED) is 0.843. The normalized spacial score (nSPS) is 15.0. The first kappa shape index (κ1) is 17.7. The minimum atomic E-state index is 0.0797. The van der Waals surface area contributed by atoms with Gasteiger partial charge in [-0.15, -0.1) is 11.3 Å². The third kappa shape index (κ3) is 4.22. The van der Waals surface area contributed by atoms with Crippen molar-refractivity contribution < 1.29 is 9.59 Å². The van der Waals surface area contributed by atoms with Gasteiger partial charge in [-0.2, -0.15) is 0 Å². The average Bonchev–Trinajstić information content (AvgIpc) is 2.86. The molecule has 7 heteroatoms. The number of nitrogens with zero attached hydrogens (tertiary/aromatic N) is 4. The lowest BCUT2D eigenvalue weighted by molar-refractivity contribution is -0.131. The maximum absolute atomic E-state index is 12.4. The first-order valence-corrected chi connectivity index (χ1v) is 9.02. The number of piperazine rings is 1. The molecule has 128 valence electrons. The van der Waals surface area contributed by atoms with Crippen LogP contribution < -0.4 is 0 Å². The molecule has 1 aromatic rings. The summed E-state index contributed by atoms with van der Waals surface area (Å²) in [6.45, 7) is 11.8. The molecule has 0 N–H and O–H groups in total. The lowest BCUT2D eigenvalue weighted by Crippen LogP contribution is -2.54. The second kappa shape index (κ2) is 7.77. The van der Waals surface area contributed by atoms with Crippen molar-refractivity contribution in [1.82, 2.24) is 19.7 Å². The molecular weight excluding hydrogens is 312 g/mol. The van der Waals surface area contributed by atoms with E-state index in [9.17, 15) is 9.59 Å². The molecule has 1 aromatic heterocycles. The van der Waals surface area contributed by atoms with E-state index >= 15 is 0 Å². The third-order valence-corrected chi connectivity index (χ3v) is 5.32. The van der Waals surface area contributed by atoms with Gasteiger partial charge in [0.15, 0.2) is 0 Å². The Morgan fingerprint density at radius 1 is 1.09 bits per heavy atom. The van der Waals surface area contributed by atoms with Crippen LogP contribution in [-0.2, 0) is 11.2 Å². The number of carbonyl (C=O) groups is 2. The van der Waals surface area contributed by atoms with E-state index in [1.54, 1.807) is 11.3 Å². The van der Waals surface area contributed by atoms with Gasteiger partial charge in [-0.05, 0) is 27.7 Å². The van der Waals surface area contributed by atoms with Crippen molar-refractivity contribution >= 4 is 23.3 Å². The van der Waals surface area contributed by atoms with E-state index in [1.807, 2.05) is 42.4 Å². The van der Waals surface area contributed by atoms with Gasteiger partial charge in [-0.1, -0.05) is 0 Å². The largest absolute Gasteiger partial charge is 0.339 e. The Balaban J connectivity index is 1.87. The zero-order valence-corrected chi connectivity index (χ0v) is 15.3. The molecule has 1 aliphatic rings. The van der Waals surface area contributed by atoms with Gasteiger partial charge in [0.05, 0.1) is 17.1 Å². The number of hydrogen-bond donors (Lipinski definition) is 0. The number of aromatic nitrogens is 1. The maximum Gasteiger partial charge on any atom is 0.320 e. The van der Waals surface area contributed by atoms with E-state index in [-0.39, 0.29) is 11.9 Å². The van der Waals surface area contributed by atoms with Crippen LogP contribution in [0.2, 0.25) is 0 Å². The van der Waals surface area contributed by atoms with Gasteiger partial charge in [0.25, 0.3) is 0 Å². The summed E-state index contributed by atoms with van der Waals surface area (Å²) in [6, 6.07) is 0.0797. The molecule has 1 saturated heterocycles. The number of amides is 3. The summed E-state index contributed by atoms with van der Waals surface area (Å²) >= 11 is 1.59. The molecule has 0 radical (unpaired) electrons. The topological polar surface area (TPSA) is 56.8 Å². The second-order valence-corrected chi connectivity index (χ2v) is 7.03. The Kier molecular flexibility index (Phi) is 5.98. The molecule has 3 amide bonds. The van der Waals surface area contributed by atoms with Gasteiger partial charge in [0.2, 0.25) is 5.91 Å². The van der Waals surface area contributed by atoms with Gasteiger partial charge in [-0.25, -0.2) is 9.78 Å². The predicted octanol–water partition coefficient (Wildman–Crippen LogP) is 1.91. The lowest BCUT2D eigenvalue weighted by Gasteiger charge is -2.37. The van der Waals surface area contributed by atoms with Crippen LogP contribution in [0.5, 0.6) is 0 Å². The highest BCUT2D eigenvalue weighted by Gasteiger charge is 2.26. The number of aryl methyl sites for hydroxylation is 2. The number of hydrogen-bond acceptors (Lipinski definition) is 4. The van der Waals surface area contributed by atoms with Crippen LogP contribution in [0, 0.1) is 13.8 Å². The number of carbonyl (C=O) groups excluding carboxylic acids is 2. The van der Waals surface area contributed by atoms with Crippen molar-refractivity contribution in [2.75, 3.05) is 39.3 Å². The van der Waals surface area contributed by atoms with Gasteiger partial charge < -0.3 is 14.7 Å². The summed E-state index contributed by atoms with van der Waals surface area (Å²) in [4.78, 5) is 35.7. The summed E-state index contributed by atoms with van der Waals surface area (Å²) in [5.41, 5.74) is 0.955. The van der Waals surface area contributed by atoms with Crippen LogP contribution in [0.4, 0.5) is 4.79 Å². The van der Waals surface area contributed by atoms with Crippen molar-refractivity contribution in [3.63, 3.8) is 0 Å². The molecule has 1 aliphatic heterocycles. The van der Waals surface area contributed by atoms with E-state index in [4.69, 9.17) is 0 Å². The summed E-state index contributed by atoms with van der Waals surface area (Å²) in [5, 5.41) is 1.000. The van der Waals surface area contributed by atoms with E-state index in [1.165, 1.54) is 0 Å². The average molecular weight is 338 g/mol. The zero-order chi connectivity index (χ0) is 17.0. The summed E-state index contributed by atoms with van der Waals surface area (Å²) in [7, 11) is 0. The van der Waals surface area contributed by atoms with Crippen molar-refractivity contribution in [2.24, 2.45) is 0 Å². The van der Waals surface area contributed by atoms with Gasteiger partial charge >= 0.3 is 6.03 Å². The third-order valence-electron chi connectivity index (χ3n) is 4.25. The SMILES string of the molecule is CCN(CC)C(=O)N1CCN(C(=O)Cc2sc(C)nc2C)CC1. The van der Waals surface area contributed by atoms with Crippen molar-refractivity contribution in [1.29, 1.82) is 0 Å². The van der Waals surface area contributed by atoms with E-state index < -0.39 is 0 Å². The minimum Gasteiger partial charge on any atom is -0.339 e. The first-order chi connectivity index (χ1) is 11.0. The van der Waals surface area contributed by atoms with Crippen LogP contribution in [-0.4, -0.2) is 70.9 Å². The van der Waals surface area contributed by atoms with Crippen LogP contribution in [0.3, 0.4) is 0 Å². The molecule has 23 heavy (non-hydrogen) atoms. The first-order valence-electron chi connectivity index (χ1n) is 8.20. The smallest absolute Gasteiger partial charge is 0.320 e. The van der Waals surface area contributed by atoms with Crippen molar-refractivity contribution in [3.05, 3.63) is 15.6 Å². The highest BCUT2D eigenvalue weighted by Crippen LogP contribution is 2.19. The van der Waals surface area contributed by atoms with E-state index in [0.717, 1.165) is 28.7 Å². The standard InChI is InChI=1S/C16H26N4O2S/c1-5-18(6-2)16(22)20-9-7-19(8-10-20)15(21)11-14-12(3)17-13(4)23-14/h5-11H2,1-4H3. The van der Waals surface area contributed by atoms with E-state index in [0.29, 0.717) is 32.6 Å². The molecular formula is C16H26N4O2S. The van der Waals surface area contributed by atoms with E-state index in [2.05, 4.69) is 4.98 Å². The molecule has 0 atom stereocenters. The highest BCUT2D eigenvalue weighted by molar-refractivity contribution is 7.11. The molecule has 2 heterocycles. The zero-order valence-electron chi connectivity index (χ0n) is 14.5.